The number of benzene rings is 1. The van der Waals surface area contributed by atoms with Gasteiger partial charge in [0.1, 0.15) is 5.82 Å². The number of aromatic nitrogens is 2. The molecular weight excluding hydrogens is 274 g/mol. The second kappa shape index (κ2) is 5.95. The van der Waals surface area contributed by atoms with Crippen LogP contribution in [0.15, 0.2) is 30.3 Å². The summed E-state index contributed by atoms with van der Waals surface area (Å²) in [4.78, 5) is 22.3. The number of imidazole rings is 1. The quantitative estimate of drug-likeness (QED) is 0.940. The zero-order valence-electron chi connectivity index (χ0n) is 13.5. The Morgan fingerprint density at radius 1 is 1.32 bits per heavy atom. The summed E-state index contributed by atoms with van der Waals surface area (Å²) < 4.78 is 0. The van der Waals surface area contributed by atoms with Crippen molar-refractivity contribution in [2.45, 2.75) is 33.1 Å². The van der Waals surface area contributed by atoms with Crippen LogP contribution in [-0.4, -0.2) is 33.9 Å². The monoisotopic (exact) mass is 297 g/mol. The summed E-state index contributed by atoms with van der Waals surface area (Å²) in [5, 5.41) is 0. The SMILES string of the molecule is Cc1[nH]c([C@H]2CC(=O)N(CC(C)C)C2)nc1-c1ccccc1. The van der Waals surface area contributed by atoms with Gasteiger partial charge in [-0.3, -0.25) is 4.79 Å². The van der Waals surface area contributed by atoms with Gasteiger partial charge in [0.15, 0.2) is 0 Å². The van der Waals surface area contributed by atoms with Crippen molar-refractivity contribution in [2.24, 2.45) is 5.92 Å². The number of aromatic amines is 1. The highest BCUT2D eigenvalue weighted by Crippen LogP contribution is 2.30. The number of carbonyl (C=O) groups excluding carboxylic acids is 1. The fraction of sp³-hybridized carbons (Fsp3) is 0.444. The normalized spacial score (nSPS) is 18.5. The van der Waals surface area contributed by atoms with Gasteiger partial charge in [-0.25, -0.2) is 4.98 Å². The molecule has 2 aromatic rings. The number of hydrogen-bond acceptors (Lipinski definition) is 2. The molecule has 0 spiro atoms. The van der Waals surface area contributed by atoms with E-state index in [1.807, 2.05) is 30.0 Å². The molecule has 1 aromatic carbocycles. The molecule has 0 unspecified atom stereocenters. The van der Waals surface area contributed by atoms with E-state index in [9.17, 15) is 4.79 Å². The predicted molar refractivity (Wildman–Crippen MR) is 87.5 cm³/mol. The second-order valence-electron chi connectivity index (χ2n) is 6.56. The Morgan fingerprint density at radius 3 is 2.73 bits per heavy atom. The first-order valence-corrected chi connectivity index (χ1v) is 7.94. The topological polar surface area (TPSA) is 49.0 Å². The number of aryl methyl sites for hydroxylation is 1. The fourth-order valence-electron chi connectivity index (χ4n) is 3.13. The van der Waals surface area contributed by atoms with Crippen LogP contribution in [0.1, 0.15) is 37.7 Å². The third kappa shape index (κ3) is 2.91. The summed E-state index contributed by atoms with van der Waals surface area (Å²) >= 11 is 0. The van der Waals surface area contributed by atoms with Crippen molar-refractivity contribution >= 4 is 5.91 Å². The maximum absolute atomic E-state index is 12.1. The van der Waals surface area contributed by atoms with Gasteiger partial charge >= 0.3 is 0 Å². The largest absolute Gasteiger partial charge is 0.345 e. The van der Waals surface area contributed by atoms with E-state index < -0.39 is 0 Å². The Labute approximate surface area is 131 Å². The molecule has 0 bridgehead atoms. The van der Waals surface area contributed by atoms with E-state index in [1.54, 1.807) is 0 Å². The first-order chi connectivity index (χ1) is 10.5. The summed E-state index contributed by atoms with van der Waals surface area (Å²) in [5.41, 5.74) is 3.17. The van der Waals surface area contributed by atoms with Crippen molar-refractivity contribution in [3.63, 3.8) is 0 Å². The Morgan fingerprint density at radius 2 is 2.05 bits per heavy atom. The number of rotatable bonds is 4. The van der Waals surface area contributed by atoms with Gasteiger partial charge in [-0.1, -0.05) is 44.2 Å². The molecule has 1 aromatic heterocycles. The van der Waals surface area contributed by atoms with Crippen LogP contribution in [0.5, 0.6) is 0 Å². The molecule has 2 heterocycles. The fourth-order valence-corrected chi connectivity index (χ4v) is 3.13. The molecule has 0 radical (unpaired) electrons. The maximum atomic E-state index is 12.1. The summed E-state index contributed by atoms with van der Waals surface area (Å²) in [5.74, 6) is 1.87. The second-order valence-corrected chi connectivity index (χ2v) is 6.56. The molecule has 1 saturated heterocycles. The minimum Gasteiger partial charge on any atom is -0.345 e. The maximum Gasteiger partial charge on any atom is 0.223 e. The lowest BCUT2D eigenvalue weighted by Gasteiger charge is -2.18. The van der Waals surface area contributed by atoms with Crippen molar-refractivity contribution < 1.29 is 4.79 Å². The van der Waals surface area contributed by atoms with E-state index in [1.165, 1.54) is 0 Å². The Hall–Kier alpha value is -2.10. The zero-order chi connectivity index (χ0) is 15.7. The van der Waals surface area contributed by atoms with Crippen molar-refractivity contribution in [3.8, 4) is 11.3 Å². The molecule has 4 heteroatoms. The smallest absolute Gasteiger partial charge is 0.223 e. The lowest BCUT2D eigenvalue weighted by atomic mass is 10.1. The van der Waals surface area contributed by atoms with Crippen LogP contribution < -0.4 is 0 Å². The number of nitrogens with one attached hydrogen (secondary N) is 1. The lowest BCUT2D eigenvalue weighted by Crippen LogP contribution is -2.29. The van der Waals surface area contributed by atoms with Crippen LogP contribution in [-0.2, 0) is 4.79 Å². The van der Waals surface area contributed by atoms with Crippen molar-refractivity contribution in [2.75, 3.05) is 13.1 Å². The highest BCUT2D eigenvalue weighted by Gasteiger charge is 2.32. The molecule has 1 aliphatic rings. The van der Waals surface area contributed by atoms with Gasteiger partial charge in [0.25, 0.3) is 0 Å². The van der Waals surface area contributed by atoms with E-state index in [-0.39, 0.29) is 11.8 Å². The van der Waals surface area contributed by atoms with E-state index in [4.69, 9.17) is 4.98 Å². The third-order valence-corrected chi connectivity index (χ3v) is 4.14. The molecule has 116 valence electrons. The zero-order valence-corrected chi connectivity index (χ0v) is 13.5. The Balaban J connectivity index is 1.81. The number of H-pyrrole nitrogens is 1. The van der Waals surface area contributed by atoms with Gasteiger partial charge in [-0.2, -0.15) is 0 Å². The minimum absolute atomic E-state index is 0.183. The van der Waals surface area contributed by atoms with E-state index in [0.29, 0.717) is 12.3 Å². The molecule has 1 fully saturated rings. The Bertz CT molecular complexity index is 660. The van der Waals surface area contributed by atoms with Gasteiger partial charge in [-0.05, 0) is 12.8 Å². The standard InChI is InChI=1S/C18H23N3O/c1-12(2)10-21-11-15(9-16(21)22)18-19-13(3)17(20-18)14-7-5-4-6-8-14/h4-8,12,15H,9-11H2,1-3H3,(H,19,20)/t15-/m0/s1. The van der Waals surface area contributed by atoms with Crippen LogP contribution in [0.4, 0.5) is 0 Å². The van der Waals surface area contributed by atoms with E-state index in [0.717, 1.165) is 35.9 Å². The number of nitrogens with zero attached hydrogens (tertiary/aromatic N) is 2. The minimum atomic E-state index is 0.183. The third-order valence-electron chi connectivity index (χ3n) is 4.14. The average molecular weight is 297 g/mol. The molecule has 1 atom stereocenters. The van der Waals surface area contributed by atoms with E-state index in [2.05, 4.69) is 31.0 Å². The van der Waals surface area contributed by atoms with Gasteiger partial charge in [-0.15, -0.1) is 0 Å². The van der Waals surface area contributed by atoms with Gasteiger partial charge < -0.3 is 9.88 Å². The summed E-state index contributed by atoms with van der Waals surface area (Å²) in [6.45, 7) is 7.94. The van der Waals surface area contributed by atoms with Gasteiger partial charge in [0.05, 0.1) is 5.69 Å². The van der Waals surface area contributed by atoms with Crippen molar-refractivity contribution in [1.82, 2.24) is 14.9 Å². The van der Waals surface area contributed by atoms with Crippen LogP contribution in [0.25, 0.3) is 11.3 Å². The first-order valence-electron chi connectivity index (χ1n) is 7.94. The van der Waals surface area contributed by atoms with Crippen LogP contribution in [0.3, 0.4) is 0 Å². The van der Waals surface area contributed by atoms with Gasteiger partial charge in [0, 0.05) is 36.7 Å². The molecule has 1 amide bonds. The first kappa shape index (κ1) is 14.8. The van der Waals surface area contributed by atoms with Crippen LogP contribution >= 0.6 is 0 Å². The molecular formula is C18H23N3O. The van der Waals surface area contributed by atoms with E-state index >= 15 is 0 Å². The number of amides is 1. The molecule has 1 aliphatic heterocycles. The van der Waals surface area contributed by atoms with Crippen LogP contribution in [0.2, 0.25) is 0 Å². The number of carbonyl (C=O) groups is 1. The Kier molecular flexibility index (Phi) is 4.01. The molecule has 0 aliphatic carbocycles. The average Bonchev–Trinajstić information content (AvgIpc) is 3.03. The predicted octanol–water partition coefficient (Wildman–Crippen LogP) is 3.36. The summed E-state index contributed by atoms with van der Waals surface area (Å²) in [6, 6.07) is 10.2. The van der Waals surface area contributed by atoms with Gasteiger partial charge in [0.2, 0.25) is 5.91 Å². The number of likely N-dealkylation sites (tertiary alicyclic amines) is 1. The number of hydrogen-bond donors (Lipinski definition) is 1. The molecule has 1 N–H and O–H groups in total. The highest BCUT2D eigenvalue weighted by atomic mass is 16.2. The lowest BCUT2D eigenvalue weighted by molar-refractivity contribution is -0.128. The summed E-state index contributed by atoms with van der Waals surface area (Å²) in [6.07, 6.45) is 0.563. The highest BCUT2D eigenvalue weighted by molar-refractivity contribution is 5.79. The summed E-state index contributed by atoms with van der Waals surface area (Å²) in [7, 11) is 0. The van der Waals surface area contributed by atoms with Crippen molar-refractivity contribution in [1.29, 1.82) is 0 Å². The van der Waals surface area contributed by atoms with Crippen LogP contribution in [0, 0.1) is 12.8 Å². The molecule has 3 rings (SSSR count). The molecule has 4 nitrogen and oxygen atoms in total. The molecule has 22 heavy (non-hydrogen) atoms. The molecule has 0 saturated carbocycles. The van der Waals surface area contributed by atoms with Crippen molar-refractivity contribution in [3.05, 3.63) is 41.9 Å².